The molecule has 0 aliphatic heterocycles. The van der Waals surface area contributed by atoms with E-state index in [4.69, 9.17) is 4.74 Å². The Bertz CT molecular complexity index is 635. The van der Waals surface area contributed by atoms with Gasteiger partial charge in [0, 0.05) is 5.69 Å². The van der Waals surface area contributed by atoms with Crippen LogP contribution in [0.3, 0.4) is 0 Å². The minimum absolute atomic E-state index is 0.388. The van der Waals surface area contributed by atoms with Crippen LogP contribution in [-0.4, -0.2) is 11.6 Å². The number of halogens is 1. The minimum Gasteiger partial charge on any atom is -0.458 e. The number of para-hydroxylation sites is 1. The fourth-order valence-electron chi connectivity index (χ4n) is 2.03. The van der Waals surface area contributed by atoms with Gasteiger partial charge >= 0.3 is 5.97 Å². The van der Waals surface area contributed by atoms with Gasteiger partial charge in [-0.3, -0.25) is 0 Å². The Morgan fingerprint density at radius 2 is 1.77 bits per heavy atom. The van der Waals surface area contributed by atoms with Crippen LogP contribution in [0.4, 0.5) is 10.1 Å². The van der Waals surface area contributed by atoms with Crippen LogP contribution in [0.5, 0.6) is 0 Å². The number of carbonyl (C=O) groups is 1. The summed E-state index contributed by atoms with van der Waals surface area (Å²) in [5.41, 5.74) is 0.682. The SMILES string of the molecule is CC(C)(C)OC(=O)C(Nc1ccccc1)c1cccc(F)c1. The number of nitrogens with one attached hydrogen (secondary N) is 1. The fraction of sp³-hybridized carbons (Fsp3) is 0.278. The Kier molecular flexibility index (Phi) is 4.81. The highest BCUT2D eigenvalue weighted by atomic mass is 19.1. The lowest BCUT2D eigenvalue weighted by Crippen LogP contribution is -2.31. The van der Waals surface area contributed by atoms with Crippen LogP contribution in [0.25, 0.3) is 0 Å². The number of ether oxygens (including phenoxy) is 1. The van der Waals surface area contributed by atoms with Gasteiger partial charge in [0.1, 0.15) is 11.4 Å². The van der Waals surface area contributed by atoms with Crippen LogP contribution < -0.4 is 5.32 Å². The molecule has 1 N–H and O–H groups in total. The summed E-state index contributed by atoms with van der Waals surface area (Å²) in [7, 11) is 0. The van der Waals surface area contributed by atoms with E-state index in [9.17, 15) is 9.18 Å². The number of hydrogen-bond acceptors (Lipinski definition) is 3. The maximum absolute atomic E-state index is 13.5. The number of anilines is 1. The van der Waals surface area contributed by atoms with Crippen molar-refractivity contribution in [2.75, 3.05) is 5.32 Å². The Morgan fingerprint density at radius 1 is 1.09 bits per heavy atom. The second-order valence-electron chi connectivity index (χ2n) is 6.03. The molecular formula is C18H20FNO2. The van der Waals surface area contributed by atoms with E-state index in [0.717, 1.165) is 5.69 Å². The Morgan fingerprint density at radius 3 is 2.36 bits per heavy atom. The van der Waals surface area contributed by atoms with Crippen molar-refractivity contribution >= 4 is 11.7 Å². The standard InChI is InChI=1S/C18H20FNO2/c1-18(2,3)22-17(21)16(13-8-7-9-14(19)12-13)20-15-10-5-4-6-11-15/h4-12,16,20H,1-3H3. The van der Waals surface area contributed by atoms with Crippen LogP contribution in [0.15, 0.2) is 54.6 Å². The summed E-state index contributed by atoms with van der Waals surface area (Å²) in [4.78, 5) is 12.5. The van der Waals surface area contributed by atoms with Crippen LogP contribution in [0.2, 0.25) is 0 Å². The molecule has 0 aliphatic rings. The van der Waals surface area contributed by atoms with Gasteiger partial charge in [0.2, 0.25) is 0 Å². The number of hydrogen-bond donors (Lipinski definition) is 1. The zero-order valence-electron chi connectivity index (χ0n) is 13.0. The lowest BCUT2D eigenvalue weighted by atomic mass is 10.1. The summed E-state index contributed by atoms with van der Waals surface area (Å²) in [6.45, 7) is 5.40. The van der Waals surface area contributed by atoms with Gasteiger partial charge in [0.15, 0.2) is 6.04 Å². The van der Waals surface area contributed by atoms with E-state index in [1.807, 2.05) is 30.3 Å². The Hall–Kier alpha value is -2.36. The summed E-state index contributed by atoms with van der Waals surface area (Å²) < 4.78 is 18.9. The molecule has 0 amide bonds. The zero-order valence-corrected chi connectivity index (χ0v) is 13.0. The predicted molar refractivity (Wildman–Crippen MR) is 85.1 cm³/mol. The van der Waals surface area contributed by atoms with E-state index in [1.54, 1.807) is 32.9 Å². The second-order valence-corrected chi connectivity index (χ2v) is 6.03. The van der Waals surface area contributed by atoms with Crippen molar-refractivity contribution < 1.29 is 13.9 Å². The molecule has 0 saturated carbocycles. The van der Waals surface area contributed by atoms with Gasteiger partial charge in [-0.15, -0.1) is 0 Å². The molecule has 2 aromatic rings. The summed E-state index contributed by atoms with van der Waals surface area (Å²) >= 11 is 0. The second kappa shape index (κ2) is 6.60. The third-order valence-electron chi connectivity index (χ3n) is 2.91. The van der Waals surface area contributed by atoms with Crippen LogP contribution in [0.1, 0.15) is 32.4 Å². The molecule has 0 spiro atoms. The van der Waals surface area contributed by atoms with Gasteiger partial charge < -0.3 is 10.1 Å². The van der Waals surface area contributed by atoms with Gasteiger partial charge in [0.25, 0.3) is 0 Å². The normalized spacial score (nSPS) is 12.5. The van der Waals surface area contributed by atoms with E-state index in [0.29, 0.717) is 5.56 Å². The van der Waals surface area contributed by atoms with Crippen molar-refractivity contribution in [2.24, 2.45) is 0 Å². The number of benzene rings is 2. The third kappa shape index (κ3) is 4.58. The maximum atomic E-state index is 13.5. The quantitative estimate of drug-likeness (QED) is 0.855. The largest absolute Gasteiger partial charge is 0.458 e. The Labute approximate surface area is 130 Å². The summed E-state index contributed by atoms with van der Waals surface area (Å²) in [6, 6.07) is 14.5. The summed E-state index contributed by atoms with van der Waals surface area (Å²) in [6.07, 6.45) is 0. The summed E-state index contributed by atoms with van der Waals surface area (Å²) in [5.74, 6) is -0.831. The molecule has 2 aromatic carbocycles. The van der Waals surface area contributed by atoms with E-state index >= 15 is 0 Å². The first-order valence-electron chi connectivity index (χ1n) is 7.15. The molecule has 0 radical (unpaired) electrons. The third-order valence-corrected chi connectivity index (χ3v) is 2.91. The van der Waals surface area contributed by atoms with Crippen LogP contribution >= 0.6 is 0 Å². The molecule has 2 rings (SSSR count). The van der Waals surface area contributed by atoms with Gasteiger partial charge in [-0.25, -0.2) is 9.18 Å². The summed E-state index contributed by atoms with van der Waals surface area (Å²) in [5, 5.41) is 3.10. The van der Waals surface area contributed by atoms with Gasteiger partial charge in [-0.05, 0) is 50.6 Å². The minimum atomic E-state index is -0.766. The molecule has 0 aliphatic carbocycles. The zero-order chi connectivity index (χ0) is 16.2. The van der Waals surface area contributed by atoms with E-state index in [1.165, 1.54) is 12.1 Å². The van der Waals surface area contributed by atoms with Crippen molar-refractivity contribution in [3.05, 3.63) is 66.0 Å². The average molecular weight is 301 g/mol. The van der Waals surface area contributed by atoms with E-state index in [2.05, 4.69) is 5.32 Å². The smallest absolute Gasteiger partial charge is 0.333 e. The lowest BCUT2D eigenvalue weighted by molar-refractivity contribution is -0.156. The highest BCUT2D eigenvalue weighted by Crippen LogP contribution is 2.24. The molecule has 4 heteroatoms. The first kappa shape index (κ1) is 16.0. The van der Waals surface area contributed by atoms with Gasteiger partial charge in [-0.1, -0.05) is 30.3 Å². The number of rotatable bonds is 4. The van der Waals surface area contributed by atoms with Crippen molar-refractivity contribution in [3.63, 3.8) is 0 Å². The molecule has 0 fully saturated rings. The fourth-order valence-corrected chi connectivity index (χ4v) is 2.03. The van der Waals surface area contributed by atoms with Gasteiger partial charge in [0.05, 0.1) is 0 Å². The highest BCUT2D eigenvalue weighted by molar-refractivity contribution is 5.81. The molecule has 116 valence electrons. The molecule has 0 heterocycles. The molecule has 3 nitrogen and oxygen atoms in total. The van der Waals surface area contributed by atoms with Crippen LogP contribution in [-0.2, 0) is 9.53 Å². The first-order chi connectivity index (χ1) is 10.3. The molecule has 0 saturated heterocycles. The molecule has 0 aromatic heterocycles. The monoisotopic (exact) mass is 301 g/mol. The van der Waals surface area contributed by atoms with Crippen molar-refractivity contribution in [1.82, 2.24) is 0 Å². The maximum Gasteiger partial charge on any atom is 0.333 e. The number of carbonyl (C=O) groups excluding carboxylic acids is 1. The number of esters is 1. The van der Waals surface area contributed by atoms with E-state index in [-0.39, 0.29) is 5.82 Å². The average Bonchev–Trinajstić information content (AvgIpc) is 2.44. The molecular weight excluding hydrogens is 281 g/mol. The first-order valence-corrected chi connectivity index (χ1v) is 7.15. The molecule has 0 bridgehead atoms. The van der Waals surface area contributed by atoms with Crippen LogP contribution in [0, 0.1) is 5.82 Å². The molecule has 22 heavy (non-hydrogen) atoms. The van der Waals surface area contributed by atoms with Crippen molar-refractivity contribution in [3.8, 4) is 0 Å². The van der Waals surface area contributed by atoms with Crippen molar-refractivity contribution in [1.29, 1.82) is 0 Å². The predicted octanol–water partition coefficient (Wildman–Crippen LogP) is 4.32. The van der Waals surface area contributed by atoms with Gasteiger partial charge in [-0.2, -0.15) is 0 Å². The van der Waals surface area contributed by atoms with E-state index < -0.39 is 17.6 Å². The topological polar surface area (TPSA) is 38.3 Å². The molecule has 1 atom stereocenters. The lowest BCUT2D eigenvalue weighted by Gasteiger charge is -2.25. The molecule has 1 unspecified atom stereocenters. The Balaban J connectivity index is 2.30. The highest BCUT2D eigenvalue weighted by Gasteiger charge is 2.27. The van der Waals surface area contributed by atoms with Crippen molar-refractivity contribution in [2.45, 2.75) is 32.4 Å².